The summed E-state index contributed by atoms with van der Waals surface area (Å²) in [5, 5.41) is 18.5. The van der Waals surface area contributed by atoms with Crippen molar-refractivity contribution in [1.29, 1.82) is 5.26 Å². The molecule has 128 valence electrons. The SMILES string of the molecule is CCOC(=O)N1CCCC(N2CCC(C#N)(C(=O)O)CC2)CC1. The molecule has 23 heavy (non-hydrogen) atoms. The van der Waals surface area contributed by atoms with Crippen LogP contribution in [0, 0.1) is 16.7 Å². The zero-order chi connectivity index (χ0) is 16.9. The highest BCUT2D eigenvalue weighted by Gasteiger charge is 2.43. The van der Waals surface area contributed by atoms with Gasteiger partial charge in [0.1, 0.15) is 0 Å². The second-order valence-electron chi connectivity index (χ2n) is 6.31. The van der Waals surface area contributed by atoms with E-state index >= 15 is 0 Å². The Morgan fingerprint density at radius 2 is 1.96 bits per heavy atom. The summed E-state index contributed by atoms with van der Waals surface area (Å²) in [5.74, 6) is -1.01. The van der Waals surface area contributed by atoms with Crippen LogP contribution in [0.25, 0.3) is 0 Å². The van der Waals surface area contributed by atoms with Gasteiger partial charge in [-0.15, -0.1) is 0 Å². The number of piperidine rings is 1. The Bertz CT molecular complexity index is 480. The Kier molecular flexibility index (Phi) is 5.83. The van der Waals surface area contributed by atoms with Crippen LogP contribution in [0.15, 0.2) is 0 Å². The van der Waals surface area contributed by atoms with Gasteiger partial charge in [0.05, 0.1) is 12.7 Å². The summed E-state index contributed by atoms with van der Waals surface area (Å²) in [6.45, 7) is 4.82. The minimum absolute atomic E-state index is 0.249. The lowest BCUT2D eigenvalue weighted by atomic mass is 9.79. The van der Waals surface area contributed by atoms with Crippen molar-refractivity contribution in [3.8, 4) is 6.07 Å². The molecule has 1 atom stereocenters. The third kappa shape index (κ3) is 3.94. The summed E-state index contributed by atoms with van der Waals surface area (Å²) in [7, 11) is 0. The smallest absolute Gasteiger partial charge is 0.409 e. The van der Waals surface area contributed by atoms with Crippen molar-refractivity contribution in [3.05, 3.63) is 0 Å². The molecule has 7 heteroatoms. The van der Waals surface area contributed by atoms with Crippen LogP contribution in [0.2, 0.25) is 0 Å². The number of likely N-dealkylation sites (tertiary alicyclic amines) is 2. The molecule has 2 rings (SSSR count). The molecular formula is C16H25N3O4. The fraction of sp³-hybridized carbons (Fsp3) is 0.812. The van der Waals surface area contributed by atoms with Crippen molar-refractivity contribution in [2.24, 2.45) is 5.41 Å². The molecule has 1 N–H and O–H groups in total. The summed E-state index contributed by atoms with van der Waals surface area (Å²) in [5.41, 5.74) is -1.22. The molecule has 0 spiro atoms. The van der Waals surface area contributed by atoms with E-state index in [1.807, 2.05) is 6.07 Å². The maximum atomic E-state index is 11.8. The van der Waals surface area contributed by atoms with Crippen molar-refractivity contribution in [1.82, 2.24) is 9.80 Å². The number of hydrogen-bond acceptors (Lipinski definition) is 5. The van der Waals surface area contributed by atoms with Crippen LogP contribution in [0.3, 0.4) is 0 Å². The van der Waals surface area contributed by atoms with Crippen LogP contribution >= 0.6 is 0 Å². The van der Waals surface area contributed by atoms with E-state index in [0.29, 0.717) is 51.7 Å². The molecule has 7 nitrogen and oxygen atoms in total. The van der Waals surface area contributed by atoms with Gasteiger partial charge in [-0.25, -0.2) is 4.79 Å². The third-order valence-corrected chi connectivity index (χ3v) is 5.02. The summed E-state index contributed by atoms with van der Waals surface area (Å²) < 4.78 is 5.06. The largest absolute Gasteiger partial charge is 0.480 e. The maximum Gasteiger partial charge on any atom is 0.409 e. The van der Waals surface area contributed by atoms with Gasteiger partial charge in [-0.2, -0.15) is 5.26 Å². The molecule has 2 aliphatic heterocycles. The highest BCUT2D eigenvalue weighted by atomic mass is 16.6. The number of aliphatic carboxylic acids is 1. The Balaban J connectivity index is 1.89. The van der Waals surface area contributed by atoms with Gasteiger partial charge in [-0.3, -0.25) is 4.79 Å². The van der Waals surface area contributed by atoms with Crippen LogP contribution in [-0.4, -0.2) is 65.8 Å². The molecule has 0 radical (unpaired) electrons. The fourth-order valence-corrected chi connectivity index (χ4v) is 3.49. The van der Waals surface area contributed by atoms with Crippen LogP contribution in [0.5, 0.6) is 0 Å². The Labute approximate surface area is 136 Å². The summed E-state index contributed by atoms with van der Waals surface area (Å²) in [6.07, 6.45) is 3.27. The zero-order valence-corrected chi connectivity index (χ0v) is 13.7. The molecule has 0 aliphatic carbocycles. The number of ether oxygens (including phenoxy) is 1. The second kappa shape index (κ2) is 7.64. The number of amides is 1. The lowest BCUT2D eigenvalue weighted by Crippen LogP contribution is -2.47. The second-order valence-corrected chi connectivity index (χ2v) is 6.31. The number of nitrogens with zero attached hydrogens (tertiary/aromatic N) is 3. The standard InChI is InChI=1S/C16H25N3O4/c1-2-23-15(22)19-8-3-4-13(5-9-19)18-10-6-16(12-17,7-11-18)14(20)21/h13H,2-11H2,1H3,(H,20,21). The molecule has 2 saturated heterocycles. The van der Waals surface area contributed by atoms with Gasteiger partial charge in [0.15, 0.2) is 5.41 Å². The number of hydrogen-bond donors (Lipinski definition) is 1. The van der Waals surface area contributed by atoms with Crippen molar-refractivity contribution in [2.75, 3.05) is 32.8 Å². The summed E-state index contributed by atoms with van der Waals surface area (Å²) in [6, 6.07) is 2.34. The van der Waals surface area contributed by atoms with Crippen LogP contribution in [0.1, 0.15) is 39.0 Å². The predicted octanol–water partition coefficient (Wildman–Crippen LogP) is 1.69. The molecule has 2 aliphatic rings. The van der Waals surface area contributed by atoms with Gasteiger partial charge >= 0.3 is 12.1 Å². The van der Waals surface area contributed by atoms with Crippen LogP contribution < -0.4 is 0 Å². The first kappa shape index (κ1) is 17.5. The van der Waals surface area contributed by atoms with Crippen molar-refractivity contribution >= 4 is 12.1 Å². The van der Waals surface area contributed by atoms with Crippen molar-refractivity contribution in [2.45, 2.75) is 45.1 Å². The van der Waals surface area contributed by atoms with Gasteiger partial charge in [0, 0.05) is 32.2 Å². The van der Waals surface area contributed by atoms with Crippen LogP contribution in [-0.2, 0) is 9.53 Å². The van der Waals surface area contributed by atoms with Crippen molar-refractivity contribution in [3.63, 3.8) is 0 Å². The van der Waals surface area contributed by atoms with Gasteiger partial charge in [0.2, 0.25) is 0 Å². The van der Waals surface area contributed by atoms with Crippen LogP contribution in [0.4, 0.5) is 4.79 Å². The zero-order valence-electron chi connectivity index (χ0n) is 13.7. The molecule has 1 unspecified atom stereocenters. The number of rotatable bonds is 3. The molecule has 0 aromatic carbocycles. The van der Waals surface area contributed by atoms with Gasteiger partial charge in [-0.05, 0) is 39.0 Å². The monoisotopic (exact) mass is 323 g/mol. The highest BCUT2D eigenvalue weighted by Crippen LogP contribution is 2.33. The van der Waals surface area contributed by atoms with E-state index < -0.39 is 11.4 Å². The lowest BCUT2D eigenvalue weighted by Gasteiger charge is -2.39. The molecule has 1 amide bonds. The van der Waals surface area contributed by atoms with E-state index in [2.05, 4.69) is 4.90 Å². The Morgan fingerprint density at radius 1 is 1.26 bits per heavy atom. The minimum atomic E-state index is -1.22. The van der Waals surface area contributed by atoms with Gasteiger partial charge in [-0.1, -0.05) is 0 Å². The van der Waals surface area contributed by atoms with E-state index in [1.54, 1.807) is 11.8 Å². The predicted molar refractivity (Wildman–Crippen MR) is 82.7 cm³/mol. The lowest BCUT2D eigenvalue weighted by molar-refractivity contribution is -0.148. The number of carbonyl (C=O) groups excluding carboxylic acids is 1. The maximum absolute atomic E-state index is 11.8. The average Bonchev–Trinajstić information content (AvgIpc) is 2.81. The quantitative estimate of drug-likeness (QED) is 0.849. The number of carboxylic acids is 1. The minimum Gasteiger partial charge on any atom is -0.480 e. The van der Waals surface area contributed by atoms with Gasteiger partial charge < -0.3 is 19.6 Å². The normalized spacial score (nSPS) is 25.2. The van der Waals surface area contributed by atoms with E-state index in [-0.39, 0.29) is 6.09 Å². The molecular weight excluding hydrogens is 298 g/mol. The summed E-state index contributed by atoms with van der Waals surface area (Å²) in [4.78, 5) is 27.2. The summed E-state index contributed by atoms with van der Waals surface area (Å²) >= 11 is 0. The topological polar surface area (TPSA) is 93.9 Å². The number of nitriles is 1. The first-order chi connectivity index (χ1) is 11.0. The van der Waals surface area contributed by atoms with E-state index in [9.17, 15) is 20.0 Å². The van der Waals surface area contributed by atoms with Gasteiger partial charge in [0.25, 0.3) is 0 Å². The number of carboxylic acid groups (broad SMARTS) is 1. The van der Waals surface area contributed by atoms with E-state index in [1.165, 1.54) is 0 Å². The first-order valence-corrected chi connectivity index (χ1v) is 8.33. The molecule has 0 saturated carbocycles. The Morgan fingerprint density at radius 3 is 2.52 bits per heavy atom. The molecule has 0 bridgehead atoms. The van der Waals surface area contributed by atoms with E-state index in [4.69, 9.17) is 4.74 Å². The Hall–Kier alpha value is -1.81. The van der Waals surface area contributed by atoms with Crippen molar-refractivity contribution < 1.29 is 19.4 Å². The van der Waals surface area contributed by atoms with E-state index in [0.717, 1.165) is 19.3 Å². The fourth-order valence-electron chi connectivity index (χ4n) is 3.49. The molecule has 2 heterocycles. The first-order valence-electron chi connectivity index (χ1n) is 8.33. The molecule has 0 aromatic rings. The average molecular weight is 323 g/mol. The highest BCUT2D eigenvalue weighted by molar-refractivity contribution is 5.78. The number of carbonyl (C=O) groups is 2. The molecule has 0 aromatic heterocycles. The third-order valence-electron chi connectivity index (χ3n) is 5.02. The molecule has 2 fully saturated rings.